The normalized spacial score (nSPS) is 11.6. The highest BCUT2D eigenvalue weighted by molar-refractivity contribution is 6.17. The van der Waals surface area contributed by atoms with Gasteiger partial charge in [-0.05, 0) is 282 Å². The fourth-order valence-electron chi connectivity index (χ4n) is 22.8. The Morgan fingerprint density at radius 3 is 0.593 bits per heavy atom. The number of fused-ring (bicyclic) bond motifs is 18. The van der Waals surface area contributed by atoms with Gasteiger partial charge in [0.05, 0.1) is 49.7 Å². The van der Waals surface area contributed by atoms with Gasteiger partial charge in [0.1, 0.15) is 16.9 Å². The van der Waals surface area contributed by atoms with Crippen LogP contribution in [0.15, 0.2) is 565 Å². The maximum atomic E-state index is 4.90. The number of para-hydroxylation sites is 3. The summed E-state index contributed by atoms with van der Waals surface area (Å²) in [5, 5.41) is 14.5. The van der Waals surface area contributed by atoms with Gasteiger partial charge in [0.25, 0.3) is 0 Å². The predicted molar refractivity (Wildman–Crippen MR) is 628 cm³/mol. The van der Waals surface area contributed by atoms with E-state index in [4.69, 9.17) is 15.0 Å². The van der Waals surface area contributed by atoms with Gasteiger partial charge in [-0.15, -0.1) is 0 Å². The van der Waals surface area contributed by atoms with Gasteiger partial charge in [0, 0.05) is 117 Å². The van der Waals surface area contributed by atoms with Crippen LogP contribution in [0.5, 0.6) is 0 Å². The summed E-state index contributed by atoms with van der Waals surface area (Å²) in [6, 6.07) is 196. The lowest BCUT2D eigenvalue weighted by Crippen LogP contribution is -1.96. The number of hydrogen-bond acceptors (Lipinski definition) is 3. The Kier molecular flexibility index (Phi) is 21.8. The van der Waals surface area contributed by atoms with Crippen molar-refractivity contribution in [3.8, 4) is 134 Å². The lowest BCUT2D eigenvalue weighted by Gasteiger charge is -2.12. The molecule has 0 spiro atoms. The summed E-state index contributed by atoms with van der Waals surface area (Å²) in [5.41, 5.74) is 41.8. The third kappa shape index (κ3) is 15.5. The van der Waals surface area contributed by atoms with E-state index in [-0.39, 0.29) is 0 Å². The molecule has 9 heteroatoms. The smallest absolute Gasteiger partial charge is 0.145 e. The van der Waals surface area contributed by atoms with Crippen molar-refractivity contribution in [3.63, 3.8) is 0 Å². The summed E-state index contributed by atoms with van der Waals surface area (Å²) in [6.07, 6.45) is 5.66. The zero-order chi connectivity index (χ0) is 99.1. The van der Waals surface area contributed by atoms with Crippen LogP contribution in [0, 0.1) is 0 Å². The molecule has 21 aromatic carbocycles. The first kappa shape index (κ1) is 87.6. The molecule has 0 saturated carbocycles. The van der Waals surface area contributed by atoms with Crippen LogP contribution in [0.2, 0.25) is 0 Å². The Bertz CT molecular complexity index is 10400. The summed E-state index contributed by atoms with van der Waals surface area (Å²) in [5.74, 6) is 0. The summed E-state index contributed by atoms with van der Waals surface area (Å²) >= 11 is 0. The maximum absolute atomic E-state index is 4.90. The third-order valence-corrected chi connectivity index (χ3v) is 29.9. The Morgan fingerprint density at radius 2 is 0.293 bits per heavy atom. The molecule has 0 bridgehead atoms. The zero-order valence-electron chi connectivity index (χ0n) is 81.7. The summed E-state index contributed by atoms with van der Waals surface area (Å²) < 4.78 is 14.1. The molecule has 0 amide bonds. The second-order valence-electron chi connectivity index (χ2n) is 38.6. The molecule has 0 saturated heterocycles. The molecule has 9 heterocycles. The molecule has 702 valence electrons. The van der Waals surface area contributed by atoms with Crippen LogP contribution in [0.1, 0.15) is 0 Å². The van der Waals surface area contributed by atoms with Gasteiger partial charge in [-0.25, -0.2) is 15.0 Å². The second kappa shape index (κ2) is 37.2. The van der Waals surface area contributed by atoms with Crippen LogP contribution in [-0.2, 0) is 0 Å². The van der Waals surface area contributed by atoms with E-state index in [1.165, 1.54) is 182 Å². The van der Waals surface area contributed by atoms with Gasteiger partial charge in [-0.1, -0.05) is 364 Å². The quantitative estimate of drug-likeness (QED) is 0.103. The number of rotatable bonds is 15. The molecule has 9 nitrogen and oxygen atoms in total. The SMILES string of the molecule is c1ccc(-c2ccc(-n3c4ccccc4c4ccc(-c5ccc6c(c5)c5cccnc5n6-c5ccc(-c6ccccc6)cc5)cc43)cc2)cc1.c1ccc(-c2ccc(-n3c4ccccc4c4ccc(-c5ccc6c(c5)c5cccnc5n6-c5cccc(-c6ccccc6)c5)cc43)cc2)cc1.c1ccc(-c2cccc(-n3c4ccccc4c4ccc(-c5ccc6c(c5)c5cccnc5n6-c5cccc(-c6ccccc6)c5)cc43)c2)cc1. The van der Waals surface area contributed by atoms with Crippen LogP contribution in [0.4, 0.5) is 0 Å². The molecule has 0 unspecified atom stereocenters. The van der Waals surface area contributed by atoms with Gasteiger partial charge in [-0.3, -0.25) is 13.7 Å². The Hall–Kier alpha value is -20.1. The molecule has 0 atom stereocenters. The highest BCUT2D eigenvalue weighted by atomic mass is 15.1. The molecule has 0 fully saturated rings. The fourth-order valence-corrected chi connectivity index (χ4v) is 22.8. The lowest BCUT2D eigenvalue weighted by atomic mass is 10.0. The molecule has 9 aromatic heterocycles. The lowest BCUT2D eigenvalue weighted by molar-refractivity contribution is 1.14. The summed E-state index contributed by atoms with van der Waals surface area (Å²) in [6.45, 7) is 0. The molecule has 0 N–H and O–H groups in total. The molecule has 0 radical (unpaired) electrons. The molecular formula is C141H93N9. The molecule has 30 aromatic rings. The monoisotopic (exact) mass is 1910 g/mol. The highest BCUT2D eigenvalue weighted by Gasteiger charge is 2.25. The molecule has 30 rings (SSSR count). The van der Waals surface area contributed by atoms with Gasteiger partial charge >= 0.3 is 0 Å². The van der Waals surface area contributed by atoms with E-state index in [0.29, 0.717) is 0 Å². The minimum atomic E-state index is 0.957. The largest absolute Gasteiger partial charge is 0.309 e. The Labute approximate surface area is 866 Å². The predicted octanol–water partition coefficient (Wildman–Crippen LogP) is 36.8. The minimum absolute atomic E-state index is 0.957. The first-order chi connectivity index (χ1) is 74.4. The number of nitrogens with zero attached hydrogens (tertiary/aromatic N) is 9. The van der Waals surface area contributed by atoms with Crippen LogP contribution < -0.4 is 0 Å². The van der Waals surface area contributed by atoms with E-state index in [1.807, 2.05) is 36.8 Å². The van der Waals surface area contributed by atoms with Crippen molar-refractivity contribution in [2.24, 2.45) is 0 Å². The number of hydrogen-bond donors (Lipinski definition) is 0. The summed E-state index contributed by atoms with van der Waals surface area (Å²) in [7, 11) is 0. The van der Waals surface area contributed by atoms with Gasteiger partial charge in [0.15, 0.2) is 0 Å². The average molecular weight is 1910 g/mol. The zero-order valence-corrected chi connectivity index (χ0v) is 81.7. The van der Waals surface area contributed by atoms with E-state index in [9.17, 15) is 0 Å². The van der Waals surface area contributed by atoms with Crippen molar-refractivity contribution in [1.29, 1.82) is 0 Å². The van der Waals surface area contributed by atoms with E-state index in [0.717, 1.165) is 83.8 Å². The van der Waals surface area contributed by atoms with E-state index in [2.05, 4.69) is 555 Å². The van der Waals surface area contributed by atoms with Crippen LogP contribution >= 0.6 is 0 Å². The van der Waals surface area contributed by atoms with Crippen molar-refractivity contribution in [2.45, 2.75) is 0 Å². The number of pyridine rings is 3. The molecular weight excluding hydrogens is 1820 g/mol. The van der Waals surface area contributed by atoms with Crippen LogP contribution in [-0.4, -0.2) is 42.4 Å². The van der Waals surface area contributed by atoms with E-state index >= 15 is 0 Å². The average Bonchev–Trinajstić information content (AvgIpc) is 1.59. The third-order valence-electron chi connectivity index (χ3n) is 29.9. The number of aromatic nitrogens is 9. The fraction of sp³-hybridized carbons (Fsp3) is 0. The topological polar surface area (TPSA) is 68.2 Å². The first-order valence-electron chi connectivity index (χ1n) is 51.1. The van der Waals surface area contributed by atoms with Crippen molar-refractivity contribution in [3.05, 3.63) is 565 Å². The first-order valence-corrected chi connectivity index (χ1v) is 51.1. The Morgan fingerprint density at radius 1 is 0.100 bits per heavy atom. The van der Waals surface area contributed by atoms with E-state index < -0.39 is 0 Å². The molecule has 0 aliphatic rings. The molecule has 0 aliphatic heterocycles. The van der Waals surface area contributed by atoms with Crippen molar-refractivity contribution < 1.29 is 0 Å². The standard InChI is InChI=1S/3C47H31N3/c1-3-12-32(13-4-1)34-16-9-18-38(28-34)49-44-22-8-7-20-40(44)41-25-23-37(31-46(41)49)36-24-26-45-43(30-36)42-21-11-27-48-47(42)50(45)39-19-10-17-35(29-39)33-14-5-2-6-15-33;1-3-11-32(12-4-1)34-20-24-38(25-21-34)49-44-19-8-7-17-40(44)41-26-22-37(31-46(41)49)36-23-27-45-43(30-36)42-18-10-28-48-47(42)50(45)39-16-9-15-35(29-39)33-13-5-2-6-14-33;1-3-10-32(11-4-1)34-17-23-38(24-18-34)49-44-16-8-7-14-40(44)41-27-21-37(31-46(41)49)36-22-28-45-43(30-36)42-15-9-29-48-47(42)50(45)39-25-19-35(20-26-39)33-12-5-2-6-13-33/h3*1-31H. The van der Waals surface area contributed by atoms with Crippen LogP contribution in [0.25, 0.3) is 265 Å². The van der Waals surface area contributed by atoms with Crippen molar-refractivity contribution in [2.75, 3.05) is 0 Å². The molecule has 150 heavy (non-hydrogen) atoms. The van der Waals surface area contributed by atoms with Crippen LogP contribution in [0.3, 0.4) is 0 Å². The van der Waals surface area contributed by atoms with E-state index in [1.54, 1.807) is 0 Å². The number of benzene rings is 21. The van der Waals surface area contributed by atoms with Gasteiger partial charge in [-0.2, -0.15) is 0 Å². The van der Waals surface area contributed by atoms with Crippen molar-refractivity contribution >= 4 is 131 Å². The molecule has 0 aliphatic carbocycles. The van der Waals surface area contributed by atoms with Gasteiger partial charge < -0.3 is 13.7 Å². The highest BCUT2D eigenvalue weighted by Crippen LogP contribution is 2.46. The van der Waals surface area contributed by atoms with Gasteiger partial charge in [0.2, 0.25) is 0 Å². The second-order valence-corrected chi connectivity index (χ2v) is 38.6. The Balaban J connectivity index is 0.000000108. The van der Waals surface area contributed by atoms with Crippen molar-refractivity contribution in [1.82, 2.24) is 42.4 Å². The summed E-state index contributed by atoms with van der Waals surface area (Å²) in [4.78, 5) is 14.7. The maximum Gasteiger partial charge on any atom is 0.145 e. The minimum Gasteiger partial charge on any atom is -0.309 e.